The van der Waals surface area contributed by atoms with E-state index in [1.807, 2.05) is 13.8 Å². The molecule has 124 valence electrons. The molecule has 0 aliphatic rings. The Morgan fingerprint density at radius 3 is 2.50 bits per heavy atom. The second-order valence-corrected chi connectivity index (χ2v) is 6.61. The summed E-state index contributed by atoms with van der Waals surface area (Å²) in [4.78, 5) is 12.0. The lowest BCUT2D eigenvalue weighted by Gasteiger charge is -2.12. The van der Waals surface area contributed by atoms with Crippen LogP contribution in [-0.4, -0.2) is 34.5 Å². The van der Waals surface area contributed by atoms with Crippen molar-refractivity contribution in [3.8, 4) is 5.75 Å². The lowest BCUT2D eigenvalue weighted by atomic mass is 10.2. The van der Waals surface area contributed by atoms with Crippen molar-refractivity contribution >= 4 is 15.9 Å². The second kappa shape index (κ2) is 8.75. The number of ether oxygens (including phenoxy) is 1. The summed E-state index contributed by atoms with van der Waals surface area (Å²) >= 11 is 0. The number of carbonyl (C=O) groups is 1. The van der Waals surface area contributed by atoms with Gasteiger partial charge in [-0.2, -0.15) is 0 Å². The van der Waals surface area contributed by atoms with E-state index in [-0.39, 0.29) is 16.6 Å². The Labute approximate surface area is 132 Å². The number of nitrogens with one attached hydrogen (secondary N) is 2. The fraction of sp³-hybridized carbons (Fsp3) is 0.533. The van der Waals surface area contributed by atoms with Gasteiger partial charge in [0.25, 0.3) is 5.91 Å². The van der Waals surface area contributed by atoms with Crippen LogP contribution < -0.4 is 14.8 Å². The second-order valence-electron chi connectivity index (χ2n) is 4.87. The molecule has 0 atom stereocenters. The molecule has 0 saturated heterocycles. The minimum Gasteiger partial charge on any atom is -0.495 e. The summed E-state index contributed by atoms with van der Waals surface area (Å²) in [5, 5.41) is 2.76. The number of sulfonamides is 1. The van der Waals surface area contributed by atoms with Gasteiger partial charge in [0.2, 0.25) is 10.0 Å². The van der Waals surface area contributed by atoms with Crippen LogP contribution in [0.15, 0.2) is 23.1 Å². The van der Waals surface area contributed by atoms with Gasteiger partial charge in [-0.25, -0.2) is 13.1 Å². The molecule has 1 aromatic rings. The van der Waals surface area contributed by atoms with Gasteiger partial charge in [-0.15, -0.1) is 0 Å². The van der Waals surface area contributed by atoms with E-state index >= 15 is 0 Å². The predicted molar refractivity (Wildman–Crippen MR) is 85.7 cm³/mol. The molecule has 1 rings (SSSR count). The third kappa shape index (κ3) is 4.99. The fourth-order valence-corrected chi connectivity index (χ4v) is 3.15. The lowest BCUT2D eigenvalue weighted by Crippen LogP contribution is -2.27. The maximum atomic E-state index is 12.3. The Balaban J connectivity index is 3.05. The predicted octanol–water partition coefficient (Wildman–Crippen LogP) is 1.91. The van der Waals surface area contributed by atoms with E-state index in [1.165, 1.54) is 19.2 Å². The van der Waals surface area contributed by atoms with Gasteiger partial charge in [0, 0.05) is 18.7 Å². The van der Waals surface area contributed by atoms with Crippen molar-refractivity contribution in [3.05, 3.63) is 23.8 Å². The Kier molecular flexibility index (Phi) is 7.34. The zero-order chi connectivity index (χ0) is 16.6. The van der Waals surface area contributed by atoms with E-state index in [0.717, 1.165) is 12.8 Å². The van der Waals surface area contributed by atoms with E-state index in [1.54, 1.807) is 6.07 Å². The fourth-order valence-electron chi connectivity index (χ4n) is 1.82. The number of hydrogen-bond acceptors (Lipinski definition) is 4. The van der Waals surface area contributed by atoms with Gasteiger partial charge in [0.15, 0.2) is 0 Å². The van der Waals surface area contributed by atoms with Crippen LogP contribution in [0.1, 0.15) is 43.5 Å². The zero-order valence-corrected chi connectivity index (χ0v) is 14.1. The standard InChI is InChI=1S/C15H24N2O4S/c1-4-6-10-16-15(18)12-7-8-13(21-3)14(11-12)22(19,20)17-9-5-2/h7-8,11,17H,4-6,9-10H2,1-3H3,(H,16,18). The zero-order valence-electron chi connectivity index (χ0n) is 13.3. The molecule has 0 bridgehead atoms. The van der Waals surface area contributed by atoms with Gasteiger partial charge in [0.1, 0.15) is 10.6 Å². The van der Waals surface area contributed by atoms with Gasteiger partial charge < -0.3 is 10.1 Å². The molecule has 6 nitrogen and oxygen atoms in total. The molecule has 0 aromatic heterocycles. The summed E-state index contributed by atoms with van der Waals surface area (Å²) in [6.45, 7) is 4.80. The van der Waals surface area contributed by atoms with Crippen LogP contribution >= 0.6 is 0 Å². The maximum absolute atomic E-state index is 12.3. The minimum atomic E-state index is -3.70. The summed E-state index contributed by atoms with van der Waals surface area (Å²) in [7, 11) is -2.30. The molecule has 0 heterocycles. The molecule has 0 aliphatic carbocycles. The number of amides is 1. The highest BCUT2D eigenvalue weighted by Gasteiger charge is 2.21. The van der Waals surface area contributed by atoms with E-state index in [0.29, 0.717) is 25.1 Å². The van der Waals surface area contributed by atoms with E-state index < -0.39 is 10.0 Å². The summed E-state index contributed by atoms with van der Waals surface area (Å²) in [5.74, 6) is -0.0724. The van der Waals surface area contributed by atoms with Crippen LogP contribution in [0.25, 0.3) is 0 Å². The summed E-state index contributed by atoms with van der Waals surface area (Å²) in [6.07, 6.45) is 2.54. The van der Waals surface area contributed by atoms with Gasteiger partial charge >= 0.3 is 0 Å². The third-order valence-corrected chi connectivity index (χ3v) is 4.56. The van der Waals surface area contributed by atoms with Crippen molar-refractivity contribution in [3.63, 3.8) is 0 Å². The molecule has 2 N–H and O–H groups in total. The van der Waals surface area contributed by atoms with Crippen LogP contribution in [-0.2, 0) is 10.0 Å². The Morgan fingerprint density at radius 1 is 1.18 bits per heavy atom. The van der Waals surface area contributed by atoms with Gasteiger partial charge in [-0.05, 0) is 31.0 Å². The van der Waals surface area contributed by atoms with Crippen LogP contribution in [0.5, 0.6) is 5.75 Å². The molecule has 22 heavy (non-hydrogen) atoms. The highest BCUT2D eigenvalue weighted by Crippen LogP contribution is 2.24. The van der Waals surface area contributed by atoms with Crippen molar-refractivity contribution in [2.24, 2.45) is 0 Å². The smallest absolute Gasteiger partial charge is 0.251 e. The van der Waals surface area contributed by atoms with E-state index in [4.69, 9.17) is 4.74 Å². The first-order valence-corrected chi connectivity index (χ1v) is 8.90. The third-order valence-electron chi connectivity index (χ3n) is 3.07. The van der Waals surface area contributed by atoms with E-state index in [9.17, 15) is 13.2 Å². The molecule has 0 radical (unpaired) electrons. The highest BCUT2D eigenvalue weighted by atomic mass is 32.2. The van der Waals surface area contributed by atoms with Crippen LogP contribution in [0.3, 0.4) is 0 Å². The summed E-state index contributed by atoms with van der Waals surface area (Å²) < 4.78 is 32.1. The Bertz CT molecular complexity index is 600. The van der Waals surface area contributed by atoms with Gasteiger partial charge in [0.05, 0.1) is 7.11 Å². The monoisotopic (exact) mass is 328 g/mol. The molecule has 0 fully saturated rings. The SMILES string of the molecule is CCCCNC(=O)c1ccc(OC)c(S(=O)(=O)NCCC)c1. The minimum absolute atomic E-state index is 0.0217. The molecule has 0 aliphatic heterocycles. The largest absolute Gasteiger partial charge is 0.495 e. The first-order valence-electron chi connectivity index (χ1n) is 7.42. The number of hydrogen-bond donors (Lipinski definition) is 2. The van der Waals surface area contributed by atoms with Crippen molar-refractivity contribution in [1.82, 2.24) is 10.0 Å². The lowest BCUT2D eigenvalue weighted by molar-refractivity contribution is 0.0953. The number of benzene rings is 1. The Hall–Kier alpha value is -1.60. The molecule has 7 heteroatoms. The van der Waals surface area contributed by atoms with E-state index in [2.05, 4.69) is 10.0 Å². The van der Waals surface area contributed by atoms with Gasteiger partial charge in [-0.3, -0.25) is 4.79 Å². The maximum Gasteiger partial charge on any atom is 0.251 e. The van der Waals surface area contributed by atoms with Crippen LogP contribution in [0.4, 0.5) is 0 Å². The topological polar surface area (TPSA) is 84.5 Å². The molecular weight excluding hydrogens is 304 g/mol. The van der Waals surface area contributed by atoms with Crippen molar-refractivity contribution in [2.75, 3.05) is 20.2 Å². The first-order chi connectivity index (χ1) is 10.5. The molecule has 0 saturated carbocycles. The van der Waals surface area contributed by atoms with Crippen LogP contribution in [0, 0.1) is 0 Å². The summed E-state index contributed by atoms with van der Waals surface area (Å²) in [6, 6.07) is 4.40. The molecule has 1 amide bonds. The quantitative estimate of drug-likeness (QED) is 0.678. The van der Waals surface area contributed by atoms with Crippen molar-refractivity contribution in [2.45, 2.75) is 38.0 Å². The number of methoxy groups -OCH3 is 1. The molecule has 1 aromatic carbocycles. The molecule has 0 spiro atoms. The number of rotatable bonds is 9. The average molecular weight is 328 g/mol. The average Bonchev–Trinajstić information content (AvgIpc) is 2.52. The summed E-state index contributed by atoms with van der Waals surface area (Å²) in [5.41, 5.74) is 0.300. The normalized spacial score (nSPS) is 11.2. The van der Waals surface area contributed by atoms with Crippen LogP contribution in [0.2, 0.25) is 0 Å². The first kappa shape index (κ1) is 18.4. The van der Waals surface area contributed by atoms with Gasteiger partial charge in [-0.1, -0.05) is 20.3 Å². The highest BCUT2D eigenvalue weighted by molar-refractivity contribution is 7.89. The molecule has 0 unspecified atom stereocenters. The van der Waals surface area contributed by atoms with Crippen molar-refractivity contribution < 1.29 is 17.9 Å². The molecular formula is C15H24N2O4S. The number of carbonyl (C=O) groups excluding carboxylic acids is 1. The van der Waals surface area contributed by atoms with Crippen molar-refractivity contribution in [1.29, 1.82) is 0 Å². The number of unbranched alkanes of at least 4 members (excludes halogenated alkanes) is 1. The Morgan fingerprint density at radius 2 is 1.91 bits per heavy atom.